The van der Waals surface area contributed by atoms with E-state index in [-0.39, 0.29) is 31.1 Å². The van der Waals surface area contributed by atoms with Crippen LogP contribution in [-0.2, 0) is 28.6 Å². The van der Waals surface area contributed by atoms with E-state index in [0.29, 0.717) is 19.3 Å². The minimum Gasteiger partial charge on any atom is -0.462 e. The normalized spacial score (nSPS) is 12.6. The summed E-state index contributed by atoms with van der Waals surface area (Å²) in [7, 11) is 0. The van der Waals surface area contributed by atoms with Gasteiger partial charge in [0, 0.05) is 19.3 Å². The lowest BCUT2D eigenvalue weighted by Gasteiger charge is -2.18. The number of esters is 3. The summed E-state index contributed by atoms with van der Waals surface area (Å²) < 4.78 is 16.9. The Morgan fingerprint density at radius 2 is 0.527 bits per heavy atom. The largest absolute Gasteiger partial charge is 0.462 e. The van der Waals surface area contributed by atoms with Crippen LogP contribution in [0.2, 0.25) is 0 Å². The van der Waals surface area contributed by atoms with Crippen molar-refractivity contribution in [3.8, 4) is 0 Å². The molecule has 0 N–H and O–H groups in total. The van der Waals surface area contributed by atoms with Crippen molar-refractivity contribution < 1.29 is 28.6 Å². The number of rotatable bonds is 57. The predicted molar refractivity (Wildman–Crippen MR) is 321 cm³/mol. The number of carbonyl (C=O) groups is 3. The summed E-state index contributed by atoms with van der Waals surface area (Å²) in [5, 5.41) is 0. The first-order chi connectivity index (χ1) is 36.5. The first-order valence-corrected chi connectivity index (χ1v) is 31.6. The Bertz CT molecular complexity index is 1420. The van der Waals surface area contributed by atoms with Crippen molar-refractivity contribution in [2.24, 2.45) is 0 Å². The van der Waals surface area contributed by atoms with Crippen LogP contribution in [0.3, 0.4) is 0 Å². The Hall–Kier alpha value is -3.41. The molecule has 1 unspecified atom stereocenters. The Morgan fingerprint density at radius 3 is 0.824 bits per heavy atom. The molecule has 0 aromatic rings. The zero-order valence-corrected chi connectivity index (χ0v) is 48.8. The minimum atomic E-state index is -0.785. The summed E-state index contributed by atoms with van der Waals surface area (Å²) in [6.07, 6.45) is 81.5. The molecule has 0 aromatic carbocycles. The quantitative estimate of drug-likeness (QED) is 0.0261. The second-order valence-corrected chi connectivity index (χ2v) is 20.9. The molecule has 0 rings (SSSR count). The SMILES string of the molecule is CC/C=C\C/C=C\C/C=C\C/C=C\CCCCCCCCCCCCC(=O)OCC(COC(=O)CCCCCCC/C=C\C/C=C\C/C=C\CC)OC(=O)CCCCCCCCCCCCCCCCCCCC. The standard InChI is InChI=1S/C68H118O6/c1-4-7-10-13-16-19-22-25-28-30-32-33-34-35-36-38-40-43-46-49-52-55-58-61-67(70)73-64-65(63-72-66(69)60-57-54-51-48-45-42-39-27-24-21-18-15-12-9-6-3)74-68(71)62-59-56-53-50-47-44-41-37-31-29-26-23-20-17-14-11-8-5-2/h7,9-10,12,16,18-19,21,25,27-28,32-33,39,65H,4-6,8,11,13-15,17,20,22-24,26,29-31,34-38,40-64H2,1-3H3/b10-7-,12-9-,19-16-,21-18-,28-25-,33-32-,39-27-. The van der Waals surface area contributed by atoms with Crippen molar-refractivity contribution >= 4 is 17.9 Å². The fourth-order valence-corrected chi connectivity index (χ4v) is 8.98. The summed E-state index contributed by atoms with van der Waals surface area (Å²) in [5.74, 6) is -0.889. The maximum atomic E-state index is 12.9. The van der Waals surface area contributed by atoms with Gasteiger partial charge in [-0.05, 0) is 89.9 Å². The Morgan fingerprint density at radius 1 is 0.284 bits per heavy atom. The highest BCUT2D eigenvalue weighted by atomic mass is 16.6. The van der Waals surface area contributed by atoms with Crippen LogP contribution in [0.1, 0.15) is 310 Å². The van der Waals surface area contributed by atoms with Gasteiger partial charge in [0.15, 0.2) is 6.10 Å². The lowest BCUT2D eigenvalue weighted by atomic mass is 10.0. The van der Waals surface area contributed by atoms with E-state index >= 15 is 0 Å². The van der Waals surface area contributed by atoms with Crippen LogP contribution >= 0.6 is 0 Å². The van der Waals surface area contributed by atoms with Gasteiger partial charge in [0.1, 0.15) is 13.2 Å². The third-order valence-corrected chi connectivity index (χ3v) is 13.6. The van der Waals surface area contributed by atoms with Crippen LogP contribution in [0.25, 0.3) is 0 Å². The molecular weight excluding hydrogens is 913 g/mol. The third-order valence-electron chi connectivity index (χ3n) is 13.6. The Balaban J connectivity index is 4.35. The van der Waals surface area contributed by atoms with Crippen LogP contribution < -0.4 is 0 Å². The average molecular weight is 1030 g/mol. The average Bonchev–Trinajstić information content (AvgIpc) is 3.40. The first kappa shape index (κ1) is 70.6. The van der Waals surface area contributed by atoms with Gasteiger partial charge in [-0.3, -0.25) is 14.4 Å². The molecule has 0 spiro atoms. The summed E-state index contributed by atoms with van der Waals surface area (Å²) in [6, 6.07) is 0. The van der Waals surface area contributed by atoms with Crippen molar-refractivity contribution in [1.29, 1.82) is 0 Å². The van der Waals surface area contributed by atoms with Crippen molar-refractivity contribution in [1.82, 2.24) is 0 Å². The highest BCUT2D eigenvalue weighted by molar-refractivity contribution is 5.71. The molecular formula is C68H118O6. The van der Waals surface area contributed by atoms with Gasteiger partial charge in [0.25, 0.3) is 0 Å². The lowest BCUT2D eigenvalue weighted by molar-refractivity contribution is -0.167. The first-order valence-electron chi connectivity index (χ1n) is 31.6. The molecule has 0 heterocycles. The highest BCUT2D eigenvalue weighted by Crippen LogP contribution is 2.17. The van der Waals surface area contributed by atoms with E-state index in [1.165, 1.54) is 148 Å². The van der Waals surface area contributed by atoms with Gasteiger partial charge in [-0.2, -0.15) is 0 Å². The van der Waals surface area contributed by atoms with Gasteiger partial charge in [0.2, 0.25) is 0 Å². The van der Waals surface area contributed by atoms with E-state index in [2.05, 4.69) is 106 Å². The van der Waals surface area contributed by atoms with Crippen LogP contribution in [-0.4, -0.2) is 37.2 Å². The van der Waals surface area contributed by atoms with E-state index in [1.807, 2.05) is 0 Å². The van der Waals surface area contributed by atoms with E-state index in [1.54, 1.807) is 0 Å². The minimum absolute atomic E-state index is 0.0819. The molecule has 0 radical (unpaired) electrons. The van der Waals surface area contributed by atoms with Gasteiger partial charge >= 0.3 is 17.9 Å². The number of hydrogen-bond donors (Lipinski definition) is 0. The van der Waals surface area contributed by atoms with Crippen LogP contribution in [0.15, 0.2) is 85.1 Å². The molecule has 6 nitrogen and oxygen atoms in total. The molecule has 0 saturated heterocycles. The molecule has 0 aliphatic heterocycles. The number of carbonyl (C=O) groups excluding carboxylic acids is 3. The number of ether oxygens (including phenoxy) is 3. The van der Waals surface area contributed by atoms with Gasteiger partial charge in [0.05, 0.1) is 0 Å². The second kappa shape index (κ2) is 62.1. The molecule has 0 bridgehead atoms. The van der Waals surface area contributed by atoms with Crippen LogP contribution in [0.5, 0.6) is 0 Å². The monoisotopic (exact) mass is 1030 g/mol. The molecule has 0 saturated carbocycles. The zero-order valence-electron chi connectivity index (χ0n) is 48.8. The van der Waals surface area contributed by atoms with Gasteiger partial charge < -0.3 is 14.2 Å². The van der Waals surface area contributed by atoms with E-state index in [0.717, 1.165) is 122 Å². The predicted octanol–water partition coefficient (Wildman–Crippen LogP) is 21.5. The fraction of sp³-hybridized carbons (Fsp3) is 0.750. The maximum Gasteiger partial charge on any atom is 0.306 e. The second-order valence-electron chi connectivity index (χ2n) is 20.9. The van der Waals surface area contributed by atoms with Gasteiger partial charge in [-0.15, -0.1) is 0 Å². The topological polar surface area (TPSA) is 78.9 Å². The number of hydrogen-bond acceptors (Lipinski definition) is 6. The molecule has 0 fully saturated rings. The summed E-state index contributed by atoms with van der Waals surface area (Å²) in [5.41, 5.74) is 0. The van der Waals surface area contributed by atoms with Crippen LogP contribution in [0.4, 0.5) is 0 Å². The molecule has 0 aliphatic carbocycles. The van der Waals surface area contributed by atoms with Crippen molar-refractivity contribution in [3.63, 3.8) is 0 Å². The van der Waals surface area contributed by atoms with Crippen molar-refractivity contribution in [3.05, 3.63) is 85.1 Å². The van der Waals surface area contributed by atoms with Crippen molar-refractivity contribution in [2.45, 2.75) is 316 Å². The molecule has 6 heteroatoms. The van der Waals surface area contributed by atoms with Crippen molar-refractivity contribution in [2.75, 3.05) is 13.2 Å². The van der Waals surface area contributed by atoms with Gasteiger partial charge in [-0.1, -0.05) is 286 Å². The molecule has 0 amide bonds. The van der Waals surface area contributed by atoms with E-state index in [4.69, 9.17) is 14.2 Å². The third kappa shape index (κ3) is 59.5. The Kier molecular flexibility index (Phi) is 59.3. The van der Waals surface area contributed by atoms with E-state index in [9.17, 15) is 14.4 Å². The maximum absolute atomic E-state index is 12.9. The van der Waals surface area contributed by atoms with E-state index < -0.39 is 6.10 Å². The summed E-state index contributed by atoms with van der Waals surface area (Å²) >= 11 is 0. The summed E-state index contributed by atoms with van der Waals surface area (Å²) in [6.45, 7) is 6.44. The zero-order chi connectivity index (χ0) is 53.6. The molecule has 0 aromatic heterocycles. The number of allylic oxidation sites excluding steroid dienone is 14. The van der Waals surface area contributed by atoms with Gasteiger partial charge in [-0.25, -0.2) is 0 Å². The Labute approximate surface area is 458 Å². The lowest BCUT2D eigenvalue weighted by Crippen LogP contribution is -2.30. The van der Waals surface area contributed by atoms with Crippen LogP contribution in [0, 0.1) is 0 Å². The smallest absolute Gasteiger partial charge is 0.306 e. The highest BCUT2D eigenvalue weighted by Gasteiger charge is 2.19. The molecule has 1 atom stereocenters. The molecule has 74 heavy (non-hydrogen) atoms. The number of unbranched alkanes of at least 4 members (excludes halogenated alkanes) is 32. The molecule has 0 aliphatic rings. The summed E-state index contributed by atoms with van der Waals surface area (Å²) in [4.78, 5) is 38.3. The molecule has 426 valence electrons. The fourth-order valence-electron chi connectivity index (χ4n) is 8.98.